The number of ether oxygens (including phenoxy) is 1. The van der Waals surface area contributed by atoms with Crippen LogP contribution in [0.4, 0.5) is 4.39 Å². The van der Waals surface area contributed by atoms with Gasteiger partial charge < -0.3 is 4.74 Å². The molecule has 0 aliphatic rings. The van der Waals surface area contributed by atoms with Crippen LogP contribution in [-0.4, -0.2) is 16.9 Å². The molecule has 0 aliphatic heterocycles. The summed E-state index contributed by atoms with van der Waals surface area (Å²) in [7, 11) is 0. The lowest BCUT2D eigenvalue weighted by Gasteiger charge is -2.04. The zero-order chi connectivity index (χ0) is 13.0. The molecule has 0 amide bonds. The fourth-order valence-electron chi connectivity index (χ4n) is 1.00. The van der Waals surface area contributed by atoms with Crippen LogP contribution in [0.15, 0.2) is 6.07 Å². The van der Waals surface area contributed by atoms with Crippen molar-refractivity contribution in [2.24, 2.45) is 0 Å². The van der Waals surface area contributed by atoms with Crippen LogP contribution >= 0.6 is 23.2 Å². The van der Waals surface area contributed by atoms with Crippen LogP contribution in [-0.2, 0) is 9.53 Å². The van der Waals surface area contributed by atoms with E-state index in [0.717, 1.165) is 6.07 Å². The lowest BCUT2D eigenvalue weighted by Crippen LogP contribution is -2.13. The van der Waals surface area contributed by atoms with Gasteiger partial charge in [-0.15, -0.1) is 0 Å². The maximum absolute atomic E-state index is 13.1. The SMILES string of the molecule is CCCC(=O)OC(=O)c1cc(F)c(Cl)nc1Cl. The van der Waals surface area contributed by atoms with E-state index >= 15 is 0 Å². The summed E-state index contributed by atoms with van der Waals surface area (Å²) >= 11 is 10.9. The van der Waals surface area contributed by atoms with Gasteiger partial charge in [-0.05, 0) is 12.5 Å². The van der Waals surface area contributed by atoms with Crippen LogP contribution in [0.3, 0.4) is 0 Å². The van der Waals surface area contributed by atoms with Crippen molar-refractivity contribution in [2.75, 3.05) is 0 Å². The standard InChI is InChI=1S/C10H8Cl2FNO3/c1-2-3-7(15)17-10(16)5-4-6(13)9(12)14-8(5)11/h4H,2-3H2,1H3. The lowest BCUT2D eigenvalue weighted by molar-refractivity contribution is -0.137. The van der Waals surface area contributed by atoms with Crippen molar-refractivity contribution >= 4 is 35.1 Å². The van der Waals surface area contributed by atoms with Gasteiger partial charge in [0, 0.05) is 6.42 Å². The number of hydrogen-bond donors (Lipinski definition) is 0. The Hall–Kier alpha value is -1.20. The van der Waals surface area contributed by atoms with Crippen LogP contribution in [0.25, 0.3) is 0 Å². The van der Waals surface area contributed by atoms with Gasteiger partial charge in [0.15, 0.2) is 11.0 Å². The molecule has 0 atom stereocenters. The molecule has 4 nitrogen and oxygen atoms in total. The lowest BCUT2D eigenvalue weighted by atomic mass is 10.3. The van der Waals surface area contributed by atoms with Crippen LogP contribution in [0.1, 0.15) is 30.1 Å². The number of aromatic nitrogens is 1. The Bertz CT molecular complexity index is 465. The quantitative estimate of drug-likeness (QED) is 0.485. The summed E-state index contributed by atoms with van der Waals surface area (Å²) in [6, 6.07) is 0.777. The Morgan fingerprint density at radius 1 is 1.41 bits per heavy atom. The average molecular weight is 280 g/mol. The first kappa shape index (κ1) is 13.9. The van der Waals surface area contributed by atoms with E-state index in [9.17, 15) is 14.0 Å². The van der Waals surface area contributed by atoms with Crippen molar-refractivity contribution in [1.29, 1.82) is 0 Å². The zero-order valence-electron chi connectivity index (χ0n) is 8.80. The molecule has 1 heterocycles. The Balaban J connectivity index is 2.89. The number of halogens is 3. The van der Waals surface area contributed by atoms with Gasteiger partial charge in [-0.2, -0.15) is 0 Å². The number of rotatable bonds is 3. The van der Waals surface area contributed by atoms with Crippen molar-refractivity contribution in [1.82, 2.24) is 4.98 Å². The molecule has 0 aromatic carbocycles. The fraction of sp³-hybridized carbons (Fsp3) is 0.300. The predicted molar refractivity (Wildman–Crippen MR) is 59.5 cm³/mol. The molecule has 1 aromatic rings. The summed E-state index contributed by atoms with van der Waals surface area (Å²) in [6.45, 7) is 1.75. The molecule has 0 aliphatic carbocycles. The normalized spacial score (nSPS) is 10.1. The maximum Gasteiger partial charge on any atom is 0.349 e. The highest BCUT2D eigenvalue weighted by Gasteiger charge is 2.19. The Labute approximate surface area is 107 Å². The van der Waals surface area contributed by atoms with E-state index in [4.69, 9.17) is 23.2 Å². The third-order valence-electron chi connectivity index (χ3n) is 1.77. The largest absolute Gasteiger partial charge is 0.389 e. The minimum Gasteiger partial charge on any atom is -0.389 e. The highest BCUT2D eigenvalue weighted by molar-refractivity contribution is 6.34. The Morgan fingerprint density at radius 2 is 2.06 bits per heavy atom. The van der Waals surface area contributed by atoms with E-state index in [1.807, 2.05) is 0 Å². The molecule has 7 heteroatoms. The monoisotopic (exact) mass is 279 g/mol. The van der Waals surface area contributed by atoms with Gasteiger partial charge in [-0.3, -0.25) is 4.79 Å². The highest BCUT2D eigenvalue weighted by atomic mass is 35.5. The summed E-state index contributed by atoms with van der Waals surface area (Å²) in [5.74, 6) is -2.66. The van der Waals surface area contributed by atoms with E-state index in [0.29, 0.717) is 6.42 Å². The van der Waals surface area contributed by atoms with E-state index < -0.39 is 22.9 Å². The molecule has 17 heavy (non-hydrogen) atoms. The van der Waals surface area contributed by atoms with Crippen LogP contribution < -0.4 is 0 Å². The summed E-state index contributed by atoms with van der Waals surface area (Å²) < 4.78 is 17.5. The van der Waals surface area contributed by atoms with E-state index in [-0.39, 0.29) is 17.1 Å². The average Bonchev–Trinajstić information content (AvgIpc) is 2.23. The maximum atomic E-state index is 13.1. The highest BCUT2D eigenvalue weighted by Crippen LogP contribution is 2.21. The summed E-state index contributed by atoms with van der Waals surface area (Å²) in [4.78, 5) is 25.9. The summed E-state index contributed by atoms with van der Waals surface area (Å²) in [5, 5.41) is -0.767. The van der Waals surface area contributed by atoms with E-state index in [2.05, 4.69) is 9.72 Å². The minimum absolute atomic E-state index is 0.0901. The second-order valence-corrected chi connectivity index (χ2v) is 3.83. The van der Waals surface area contributed by atoms with Gasteiger partial charge in [0.25, 0.3) is 0 Å². The molecule has 0 saturated carbocycles. The van der Waals surface area contributed by atoms with E-state index in [1.165, 1.54) is 0 Å². The number of pyridine rings is 1. The second-order valence-electron chi connectivity index (χ2n) is 3.11. The molecule has 0 spiro atoms. The van der Waals surface area contributed by atoms with Crippen molar-refractivity contribution in [3.05, 3.63) is 27.8 Å². The van der Waals surface area contributed by atoms with Crippen LogP contribution in [0.2, 0.25) is 10.3 Å². The second kappa shape index (κ2) is 5.93. The van der Waals surface area contributed by atoms with Gasteiger partial charge >= 0.3 is 11.9 Å². The molecule has 0 bridgehead atoms. The number of hydrogen-bond acceptors (Lipinski definition) is 4. The minimum atomic E-state index is -1.04. The first-order valence-corrected chi connectivity index (χ1v) is 5.47. The third kappa shape index (κ3) is 3.64. The molecule has 1 aromatic heterocycles. The molecular weight excluding hydrogens is 272 g/mol. The Morgan fingerprint density at radius 3 is 2.65 bits per heavy atom. The zero-order valence-corrected chi connectivity index (χ0v) is 10.3. The summed E-state index contributed by atoms with van der Waals surface area (Å²) in [5.41, 5.74) is -0.335. The topological polar surface area (TPSA) is 56.3 Å². The van der Waals surface area contributed by atoms with Gasteiger partial charge in [-0.1, -0.05) is 30.1 Å². The number of esters is 2. The fourth-order valence-corrected chi connectivity index (χ4v) is 1.40. The molecule has 0 fully saturated rings. The number of nitrogens with zero attached hydrogens (tertiary/aromatic N) is 1. The van der Waals surface area contributed by atoms with Crippen molar-refractivity contribution < 1.29 is 18.7 Å². The Kier molecular flexibility index (Phi) is 4.84. The van der Waals surface area contributed by atoms with Gasteiger partial charge in [0.1, 0.15) is 10.7 Å². The first-order chi connectivity index (χ1) is 7.95. The van der Waals surface area contributed by atoms with Crippen molar-refractivity contribution in [3.63, 3.8) is 0 Å². The van der Waals surface area contributed by atoms with Crippen molar-refractivity contribution in [2.45, 2.75) is 19.8 Å². The number of carbonyl (C=O) groups is 2. The van der Waals surface area contributed by atoms with Gasteiger partial charge in [0.05, 0.1) is 0 Å². The predicted octanol–water partition coefficient (Wildman–Crippen LogP) is 3.01. The first-order valence-electron chi connectivity index (χ1n) is 4.72. The third-order valence-corrected chi connectivity index (χ3v) is 2.32. The van der Waals surface area contributed by atoms with Gasteiger partial charge in [0.2, 0.25) is 0 Å². The summed E-state index contributed by atoms with van der Waals surface area (Å²) in [6.07, 6.45) is 0.625. The molecule has 0 N–H and O–H groups in total. The van der Waals surface area contributed by atoms with Crippen molar-refractivity contribution in [3.8, 4) is 0 Å². The van der Waals surface area contributed by atoms with Crippen LogP contribution in [0, 0.1) is 5.82 Å². The molecule has 92 valence electrons. The van der Waals surface area contributed by atoms with Gasteiger partial charge in [-0.25, -0.2) is 14.2 Å². The van der Waals surface area contributed by atoms with E-state index in [1.54, 1.807) is 6.92 Å². The smallest absolute Gasteiger partial charge is 0.349 e. The molecule has 0 unspecified atom stereocenters. The molecule has 0 saturated heterocycles. The number of carbonyl (C=O) groups excluding carboxylic acids is 2. The van der Waals surface area contributed by atoms with Crippen LogP contribution in [0.5, 0.6) is 0 Å². The molecule has 0 radical (unpaired) electrons. The molecule has 1 rings (SSSR count). The molecular formula is C10H8Cl2FNO3.